The largest absolute Gasteiger partial charge is 0.492 e. The molecule has 0 saturated carbocycles. The highest BCUT2D eigenvalue weighted by atomic mass is 35.5. The van der Waals surface area contributed by atoms with Crippen LogP contribution in [0.2, 0.25) is 5.02 Å². The van der Waals surface area contributed by atoms with Crippen molar-refractivity contribution in [1.82, 2.24) is 20.6 Å². The van der Waals surface area contributed by atoms with Crippen molar-refractivity contribution in [3.05, 3.63) is 58.7 Å². The molecule has 3 atom stereocenters. The van der Waals surface area contributed by atoms with Crippen molar-refractivity contribution < 1.29 is 9.53 Å². The molecule has 1 saturated heterocycles. The van der Waals surface area contributed by atoms with E-state index < -0.39 is 6.29 Å². The number of halogens is 1. The molecule has 3 N–H and O–H groups in total. The number of carbonyl (C=O) groups is 1. The Balaban J connectivity index is 1.50. The van der Waals surface area contributed by atoms with Crippen molar-refractivity contribution in [1.29, 1.82) is 0 Å². The molecule has 3 aromatic rings. The Kier molecular flexibility index (Phi) is 6.25. The molecule has 31 heavy (non-hydrogen) atoms. The van der Waals surface area contributed by atoms with Crippen LogP contribution in [0, 0.1) is 12.8 Å². The van der Waals surface area contributed by atoms with Gasteiger partial charge in [0.25, 0.3) is 0 Å². The number of carbonyl (C=O) groups excluding carboxylic acids is 1. The second-order valence-corrected chi connectivity index (χ2v) is 8.14. The number of ether oxygens (including phenoxy) is 1. The monoisotopic (exact) mass is 439 g/mol. The van der Waals surface area contributed by atoms with Crippen molar-refractivity contribution in [2.75, 3.05) is 11.9 Å². The Labute approximate surface area is 186 Å². The van der Waals surface area contributed by atoms with Gasteiger partial charge in [-0.05, 0) is 51.0 Å². The lowest BCUT2D eigenvalue weighted by molar-refractivity contribution is -0.128. The Hall–Kier alpha value is -2.90. The zero-order valence-electron chi connectivity index (χ0n) is 17.8. The molecular weight excluding hydrogens is 414 g/mol. The number of aryl methyl sites for hydroxylation is 1. The van der Waals surface area contributed by atoms with Crippen LogP contribution in [-0.4, -0.2) is 34.8 Å². The standard InChI is InChI=1S/C23H26ClN5O2/c1-4-31-19-10-6-9-17-13(2)25-22(27-20(17)19)29-23-26-14(3)18(21(30)28-23)12-15-7-5-8-16(24)11-15/h5-11,14,18,23,26H,4,12H2,1-3H3,(H,28,30)(H,25,27,29). The zero-order valence-corrected chi connectivity index (χ0v) is 18.5. The number of aromatic nitrogens is 2. The average Bonchev–Trinajstić information content (AvgIpc) is 2.72. The van der Waals surface area contributed by atoms with E-state index in [0.717, 1.165) is 22.2 Å². The number of amides is 1. The average molecular weight is 440 g/mol. The van der Waals surface area contributed by atoms with Gasteiger partial charge >= 0.3 is 0 Å². The number of anilines is 1. The summed E-state index contributed by atoms with van der Waals surface area (Å²) in [6, 6.07) is 13.4. The van der Waals surface area contributed by atoms with Crippen LogP contribution in [-0.2, 0) is 11.2 Å². The summed E-state index contributed by atoms with van der Waals surface area (Å²) >= 11 is 6.08. The molecule has 0 radical (unpaired) electrons. The summed E-state index contributed by atoms with van der Waals surface area (Å²) in [5.41, 5.74) is 2.61. The molecule has 1 aliphatic heterocycles. The van der Waals surface area contributed by atoms with Crippen LogP contribution in [0.15, 0.2) is 42.5 Å². The van der Waals surface area contributed by atoms with Crippen molar-refractivity contribution in [3.8, 4) is 5.75 Å². The van der Waals surface area contributed by atoms with Gasteiger partial charge in [0.1, 0.15) is 11.3 Å². The fraction of sp³-hybridized carbons (Fsp3) is 0.348. The van der Waals surface area contributed by atoms with Crippen LogP contribution >= 0.6 is 11.6 Å². The van der Waals surface area contributed by atoms with Gasteiger partial charge in [-0.1, -0.05) is 35.9 Å². The number of nitrogens with zero attached hydrogens (tertiary/aromatic N) is 2. The summed E-state index contributed by atoms with van der Waals surface area (Å²) < 4.78 is 5.72. The lowest BCUT2D eigenvalue weighted by Gasteiger charge is -2.36. The maximum Gasteiger partial charge on any atom is 0.227 e. The molecule has 1 aromatic heterocycles. The van der Waals surface area contributed by atoms with Gasteiger partial charge in [0, 0.05) is 16.5 Å². The normalized spacial score (nSPS) is 21.0. The zero-order chi connectivity index (χ0) is 22.0. The summed E-state index contributed by atoms with van der Waals surface area (Å²) in [5, 5.41) is 11.2. The van der Waals surface area contributed by atoms with Crippen molar-refractivity contribution in [3.63, 3.8) is 0 Å². The minimum absolute atomic E-state index is 0.0313. The fourth-order valence-corrected chi connectivity index (χ4v) is 4.12. The van der Waals surface area contributed by atoms with E-state index in [0.29, 0.717) is 29.7 Å². The number of hydrogen-bond donors (Lipinski definition) is 3. The van der Waals surface area contributed by atoms with E-state index in [4.69, 9.17) is 16.3 Å². The number of para-hydroxylation sites is 1. The first-order chi connectivity index (χ1) is 14.9. The molecule has 2 aromatic carbocycles. The summed E-state index contributed by atoms with van der Waals surface area (Å²) in [4.78, 5) is 22.0. The molecular formula is C23H26ClN5O2. The first-order valence-electron chi connectivity index (χ1n) is 10.4. The third kappa shape index (κ3) is 4.73. The molecule has 8 heteroatoms. The predicted octanol–water partition coefficient (Wildman–Crippen LogP) is 3.65. The van der Waals surface area contributed by atoms with Crippen LogP contribution in [0.25, 0.3) is 10.9 Å². The van der Waals surface area contributed by atoms with E-state index in [9.17, 15) is 4.79 Å². The molecule has 1 fully saturated rings. The molecule has 1 aliphatic rings. The number of hydrogen-bond acceptors (Lipinski definition) is 6. The Morgan fingerprint density at radius 2 is 2.00 bits per heavy atom. The Morgan fingerprint density at radius 1 is 1.19 bits per heavy atom. The van der Waals surface area contributed by atoms with E-state index >= 15 is 0 Å². The van der Waals surface area contributed by atoms with Gasteiger partial charge in [-0.3, -0.25) is 10.1 Å². The van der Waals surface area contributed by atoms with Gasteiger partial charge in [-0.15, -0.1) is 0 Å². The summed E-state index contributed by atoms with van der Waals surface area (Å²) in [5.74, 6) is 0.899. The molecule has 3 unspecified atom stereocenters. The van der Waals surface area contributed by atoms with Crippen LogP contribution in [0.5, 0.6) is 5.75 Å². The van der Waals surface area contributed by atoms with Crippen LogP contribution in [0.1, 0.15) is 25.1 Å². The van der Waals surface area contributed by atoms with Crippen LogP contribution < -0.4 is 20.7 Å². The van der Waals surface area contributed by atoms with E-state index in [-0.39, 0.29) is 17.9 Å². The quantitative estimate of drug-likeness (QED) is 0.543. The topological polar surface area (TPSA) is 88.2 Å². The lowest BCUT2D eigenvalue weighted by atomic mass is 9.91. The van der Waals surface area contributed by atoms with Gasteiger partial charge < -0.3 is 15.4 Å². The predicted molar refractivity (Wildman–Crippen MR) is 122 cm³/mol. The third-order valence-electron chi connectivity index (χ3n) is 5.45. The van der Waals surface area contributed by atoms with Crippen molar-refractivity contribution >= 4 is 34.4 Å². The molecule has 4 rings (SSSR count). The minimum Gasteiger partial charge on any atom is -0.492 e. The number of rotatable bonds is 6. The highest BCUT2D eigenvalue weighted by Crippen LogP contribution is 2.27. The summed E-state index contributed by atoms with van der Waals surface area (Å²) in [6.07, 6.45) is 0.130. The maximum absolute atomic E-state index is 12.8. The Bertz CT molecular complexity index is 1110. The fourth-order valence-electron chi connectivity index (χ4n) is 3.91. The van der Waals surface area contributed by atoms with E-state index in [2.05, 4.69) is 25.9 Å². The van der Waals surface area contributed by atoms with Gasteiger partial charge in [-0.25, -0.2) is 9.97 Å². The number of nitrogens with one attached hydrogen (secondary N) is 3. The molecule has 0 spiro atoms. The second-order valence-electron chi connectivity index (χ2n) is 7.70. The van der Waals surface area contributed by atoms with Crippen LogP contribution in [0.4, 0.5) is 5.95 Å². The summed E-state index contributed by atoms with van der Waals surface area (Å²) in [6.45, 7) is 6.43. The second kappa shape index (κ2) is 9.08. The van der Waals surface area contributed by atoms with Gasteiger partial charge in [0.2, 0.25) is 11.9 Å². The van der Waals surface area contributed by atoms with E-state index in [1.54, 1.807) is 0 Å². The van der Waals surface area contributed by atoms with Crippen molar-refractivity contribution in [2.45, 2.75) is 39.5 Å². The highest BCUT2D eigenvalue weighted by Gasteiger charge is 2.33. The van der Waals surface area contributed by atoms with Gasteiger partial charge in [0.15, 0.2) is 6.29 Å². The van der Waals surface area contributed by atoms with Crippen molar-refractivity contribution in [2.24, 2.45) is 5.92 Å². The molecule has 0 bridgehead atoms. The van der Waals surface area contributed by atoms with Gasteiger partial charge in [0.05, 0.1) is 18.2 Å². The van der Waals surface area contributed by atoms with Crippen LogP contribution in [0.3, 0.4) is 0 Å². The third-order valence-corrected chi connectivity index (χ3v) is 5.69. The molecule has 0 aliphatic carbocycles. The van der Waals surface area contributed by atoms with Gasteiger partial charge in [-0.2, -0.15) is 0 Å². The molecule has 7 nitrogen and oxygen atoms in total. The Morgan fingerprint density at radius 3 is 2.74 bits per heavy atom. The minimum atomic E-state index is -0.478. The van der Waals surface area contributed by atoms with E-state index in [1.807, 2.05) is 63.2 Å². The SMILES string of the molecule is CCOc1cccc2c(C)nc(NC3NC(=O)C(Cc4cccc(Cl)c4)C(C)N3)nc12. The lowest BCUT2D eigenvalue weighted by Crippen LogP contribution is -2.63. The highest BCUT2D eigenvalue weighted by molar-refractivity contribution is 6.30. The van der Waals surface area contributed by atoms with E-state index in [1.165, 1.54) is 0 Å². The first-order valence-corrected chi connectivity index (χ1v) is 10.8. The number of benzene rings is 2. The molecule has 2 heterocycles. The maximum atomic E-state index is 12.8. The smallest absolute Gasteiger partial charge is 0.227 e. The first kappa shape index (κ1) is 21.3. The molecule has 1 amide bonds. The number of fused-ring (bicyclic) bond motifs is 1. The summed E-state index contributed by atoms with van der Waals surface area (Å²) in [7, 11) is 0. The molecule has 162 valence electrons.